The fraction of sp³-hybridized carbons (Fsp3) is 0.750. The number of thiazole rings is 1. The van der Waals surface area contributed by atoms with Gasteiger partial charge in [-0.15, -0.1) is 11.3 Å². The number of aliphatic hydroxyl groups is 1. The Kier molecular flexibility index (Phi) is 5.95. The molecular formula is C12H22N2OS. The smallest absolute Gasteiger partial charge is 0.0928 e. The average Bonchev–Trinajstić information content (AvgIpc) is 2.63. The molecule has 92 valence electrons. The third-order valence-corrected chi connectivity index (χ3v) is 3.38. The van der Waals surface area contributed by atoms with Crippen LogP contribution in [-0.4, -0.2) is 34.7 Å². The van der Waals surface area contributed by atoms with Crippen molar-refractivity contribution < 1.29 is 5.11 Å². The topological polar surface area (TPSA) is 36.4 Å². The Labute approximate surface area is 102 Å². The van der Waals surface area contributed by atoms with Gasteiger partial charge in [0.2, 0.25) is 0 Å². The molecule has 0 bridgehead atoms. The van der Waals surface area contributed by atoms with Gasteiger partial charge < -0.3 is 10.0 Å². The van der Waals surface area contributed by atoms with Gasteiger partial charge >= 0.3 is 0 Å². The van der Waals surface area contributed by atoms with E-state index in [0.717, 1.165) is 38.0 Å². The maximum Gasteiger partial charge on any atom is 0.0928 e. The molecule has 1 aromatic rings. The highest BCUT2D eigenvalue weighted by Gasteiger charge is 2.06. The first-order chi connectivity index (χ1) is 7.61. The zero-order chi connectivity index (χ0) is 12.0. The van der Waals surface area contributed by atoms with Gasteiger partial charge in [0.05, 0.1) is 16.8 Å². The Hall–Kier alpha value is -0.450. The van der Waals surface area contributed by atoms with Gasteiger partial charge in [0.25, 0.3) is 0 Å². The summed E-state index contributed by atoms with van der Waals surface area (Å²) in [7, 11) is 2.07. The van der Waals surface area contributed by atoms with Crippen molar-refractivity contribution in [2.75, 3.05) is 13.6 Å². The second-order valence-corrected chi connectivity index (χ2v) is 5.30. The lowest BCUT2D eigenvalue weighted by Gasteiger charge is -2.15. The summed E-state index contributed by atoms with van der Waals surface area (Å²) in [6, 6.07) is 0. The summed E-state index contributed by atoms with van der Waals surface area (Å²) >= 11 is 1.75. The fourth-order valence-electron chi connectivity index (χ4n) is 1.51. The zero-order valence-corrected chi connectivity index (χ0v) is 11.3. The first-order valence-electron chi connectivity index (χ1n) is 5.91. The molecule has 0 saturated carbocycles. The van der Waals surface area contributed by atoms with Crippen molar-refractivity contribution in [3.63, 3.8) is 0 Å². The minimum atomic E-state index is -0.214. The molecular weight excluding hydrogens is 220 g/mol. The normalized spacial score (nSPS) is 13.3. The summed E-state index contributed by atoms with van der Waals surface area (Å²) < 4.78 is 0. The number of aryl methyl sites for hydroxylation is 1. The van der Waals surface area contributed by atoms with Crippen LogP contribution < -0.4 is 0 Å². The monoisotopic (exact) mass is 242 g/mol. The molecule has 1 atom stereocenters. The first kappa shape index (κ1) is 13.6. The fourth-order valence-corrected chi connectivity index (χ4v) is 2.40. The molecule has 0 amide bonds. The number of aromatic nitrogens is 1. The molecule has 4 heteroatoms. The van der Waals surface area contributed by atoms with Gasteiger partial charge in [-0.2, -0.15) is 0 Å². The zero-order valence-electron chi connectivity index (χ0n) is 10.4. The van der Waals surface area contributed by atoms with Crippen LogP contribution in [0.25, 0.3) is 0 Å². The number of aliphatic hydroxyl groups excluding tert-OH is 1. The van der Waals surface area contributed by atoms with Crippen LogP contribution in [0, 0.1) is 0 Å². The van der Waals surface area contributed by atoms with Crippen LogP contribution in [0.2, 0.25) is 0 Å². The standard InChI is InChI=1S/C12H22N2OS/c1-4-5-12-13-11(9-16-12)8-14(3)7-6-10(2)15/h9-10,15H,4-8H2,1-3H3. The van der Waals surface area contributed by atoms with Gasteiger partial charge in [0.1, 0.15) is 0 Å². The summed E-state index contributed by atoms with van der Waals surface area (Å²) in [6.45, 7) is 5.80. The van der Waals surface area contributed by atoms with Crippen molar-refractivity contribution in [2.24, 2.45) is 0 Å². The van der Waals surface area contributed by atoms with Crippen LogP contribution in [-0.2, 0) is 13.0 Å². The molecule has 3 nitrogen and oxygen atoms in total. The second-order valence-electron chi connectivity index (χ2n) is 4.36. The number of nitrogens with zero attached hydrogens (tertiary/aromatic N) is 2. The highest BCUT2D eigenvalue weighted by Crippen LogP contribution is 2.13. The van der Waals surface area contributed by atoms with Crippen LogP contribution in [0.5, 0.6) is 0 Å². The summed E-state index contributed by atoms with van der Waals surface area (Å²) in [5.41, 5.74) is 1.15. The van der Waals surface area contributed by atoms with Crippen LogP contribution in [0.4, 0.5) is 0 Å². The molecule has 0 aliphatic rings. The van der Waals surface area contributed by atoms with Gasteiger partial charge in [-0.05, 0) is 33.2 Å². The van der Waals surface area contributed by atoms with Gasteiger partial charge in [-0.25, -0.2) is 4.98 Å². The van der Waals surface area contributed by atoms with Crippen molar-refractivity contribution in [3.8, 4) is 0 Å². The average molecular weight is 242 g/mol. The predicted octanol–water partition coefficient (Wildman–Crippen LogP) is 2.30. The van der Waals surface area contributed by atoms with Gasteiger partial charge in [-0.1, -0.05) is 6.92 Å². The van der Waals surface area contributed by atoms with E-state index in [1.807, 2.05) is 6.92 Å². The molecule has 1 N–H and O–H groups in total. The van der Waals surface area contributed by atoms with Crippen molar-refractivity contribution in [2.45, 2.75) is 45.8 Å². The summed E-state index contributed by atoms with van der Waals surface area (Å²) in [5, 5.41) is 12.6. The Morgan fingerprint density at radius 1 is 1.56 bits per heavy atom. The van der Waals surface area contributed by atoms with Gasteiger partial charge in [0, 0.05) is 18.5 Å². The van der Waals surface area contributed by atoms with Crippen LogP contribution in [0.3, 0.4) is 0 Å². The van der Waals surface area contributed by atoms with Crippen molar-refractivity contribution in [3.05, 3.63) is 16.1 Å². The molecule has 16 heavy (non-hydrogen) atoms. The van der Waals surface area contributed by atoms with E-state index >= 15 is 0 Å². The highest BCUT2D eigenvalue weighted by molar-refractivity contribution is 7.09. The van der Waals surface area contributed by atoms with Gasteiger partial charge in [0.15, 0.2) is 0 Å². The molecule has 0 saturated heterocycles. The second kappa shape index (κ2) is 6.99. The molecule has 0 radical (unpaired) electrons. The SMILES string of the molecule is CCCc1nc(CN(C)CCC(C)O)cs1. The molecule has 0 aliphatic carbocycles. The van der Waals surface area contributed by atoms with E-state index in [0.29, 0.717) is 0 Å². The lowest BCUT2D eigenvalue weighted by Crippen LogP contribution is -2.22. The minimum Gasteiger partial charge on any atom is -0.393 e. The van der Waals surface area contributed by atoms with Crippen molar-refractivity contribution >= 4 is 11.3 Å². The van der Waals surface area contributed by atoms with E-state index in [9.17, 15) is 5.11 Å². The molecule has 0 fully saturated rings. The molecule has 1 heterocycles. The number of hydrogen-bond donors (Lipinski definition) is 1. The Balaban J connectivity index is 2.34. The van der Waals surface area contributed by atoms with E-state index in [4.69, 9.17) is 0 Å². The summed E-state index contributed by atoms with van der Waals surface area (Å²) in [6.07, 6.45) is 2.85. The quantitative estimate of drug-likeness (QED) is 0.797. The van der Waals surface area contributed by atoms with Crippen LogP contribution in [0.15, 0.2) is 5.38 Å². The van der Waals surface area contributed by atoms with E-state index in [-0.39, 0.29) is 6.10 Å². The van der Waals surface area contributed by atoms with Gasteiger partial charge in [-0.3, -0.25) is 0 Å². The first-order valence-corrected chi connectivity index (χ1v) is 6.79. The van der Waals surface area contributed by atoms with Crippen LogP contribution >= 0.6 is 11.3 Å². The van der Waals surface area contributed by atoms with E-state index in [2.05, 4.69) is 29.2 Å². The molecule has 1 unspecified atom stereocenters. The van der Waals surface area contributed by atoms with Crippen LogP contribution in [0.1, 0.15) is 37.4 Å². The summed E-state index contributed by atoms with van der Waals surface area (Å²) in [5.74, 6) is 0. The molecule has 0 aromatic carbocycles. The maximum atomic E-state index is 9.20. The third-order valence-electron chi connectivity index (χ3n) is 2.42. The predicted molar refractivity (Wildman–Crippen MR) is 68.7 cm³/mol. The molecule has 0 spiro atoms. The highest BCUT2D eigenvalue weighted by atomic mass is 32.1. The molecule has 1 aromatic heterocycles. The lowest BCUT2D eigenvalue weighted by atomic mass is 10.2. The van der Waals surface area contributed by atoms with E-state index in [1.54, 1.807) is 11.3 Å². The van der Waals surface area contributed by atoms with E-state index < -0.39 is 0 Å². The third kappa shape index (κ3) is 5.05. The largest absolute Gasteiger partial charge is 0.393 e. The summed E-state index contributed by atoms with van der Waals surface area (Å²) in [4.78, 5) is 6.79. The number of hydrogen-bond acceptors (Lipinski definition) is 4. The van der Waals surface area contributed by atoms with E-state index in [1.165, 1.54) is 5.01 Å². The Morgan fingerprint density at radius 3 is 2.94 bits per heavy atom. The maximum absolute atomic E-state index is 9.20. The molecule has 0 aliphatic heterocycles. The number of rotatable bonds is 7. The molecule has 1 rings (SSSR count). The van der Waals surface area contributed by atoms with Crippen molar-refractivity contribution in [1.29, 1.82) is 0 Å². The van der Waals surface area contributed by atoms with Crippen molar-refractivity contribution in [1.82, 2.24) is 9.88 Å². The lowest BCUT2D eigenvalue weighted by molar-refractivity contribution is 0.162. The Bertz CT molecular complexity index is 299. The minimum absolute atomic E-state index is 0.214. The Morgan fingerprint density at radius 2 is 2.31 bits per heavy atom.